The number of carbonyl (C=O) groups is 2. The zero-order valence-corrected chi connectivity index (χ0v) is 21.6. The lowest BCUT2D eigenvalue weighted by Gasteiger charge is -2.20. The normalized spacial score (nSPS) is 10.9. The summed E-state index contributed by atoms with van der Waals surface area (Å²) in [5.41, 5.74) is 1.20. The van der Waals surface area contributed by atoms with Gasteiger partial charge in [0.05, 0.1) is 47.7 Å². The number of rotatable bonds is 9. The summed E-state index contributed by atoms with van der Waals surface area (Å²) < 4.78 is 42.6. The maximum absolute atomic E-state index is 13.1. The molecular weight excluding hydrogens is 508 g/mol. The Morgan fingerprint density at radius 1 is 0.917 bits per heavy atom. The molecule has 0 saturated heterocycles. The predicted molar refractivity (Wildman–Crippen MR) is 137 cm³/mol. The summed E-state index contributed by atoms with van der Waals surface area (Å²) in [6.07, 6.45) is 0. The highest BCUT2D eigenvalue weighted by Gasteiger charge is 2.23. The van der Waals surface area contributed by atoms with E-state index in [9.17, 15) is 18.0 Å². The smallest absolute Gasteiger partial charge is 0.338 e. The van der Waals surface area contributed by atoms with Crippen LogP contribution in [-0.4, -0.2) is 48.2 Å². The maximum Gasteiger partial charge on any atom is 0.338 e. The van der Waals surface area contributed by atoms with E-state index in [0.29, 0.717) is 17.1 Å². The predicted octanol–water partition coefficient (Wildman–Crippen LogP) is 4.61. The van der Waals surface area contributed by atoms with Gasteiger partial charge < -0.3 is 19.5 Å². The SMILES string of the molecule is CCOC(=O)c1ccc(NC(=O)c2ccc(N(C)S(=O)(=O)c3ccc(OC)c(OC)c3)cc2)c(Cl)c1. The van der Waals surface area contributed by atoms with Crippen LogP contribution >= 0.6 is 11.6 Å². The number of nitrogens with zero attached hydrogens (tertiary/aromatic N) is 1. The Morgan fingerprint density at radius 3 is 2.14 bits per heavy atom. The van der Waals surface area contributed by atoms with Crippen LogP contribution in [-0.2, 0) is 14.8 Å². The van der Waals surface area contributed by atoms with E-state index in [1.165, 1.54) is 81.9 Å². The molecule has 0 aliphatic rings. The van der Waals surface area contributed by atoms with E-state index in [4.69, 9.17) is 25.8 Å². The summed E-state index contributed by atoms with van der Waals surface area (Å²) in [4.78, 5) is 24.6. The van der Waals surface area contributed by atoms with Crippen molar-refractivity contribution < 1.29 is 32.2 Å². The summed E-state index contributed by atoms with van der Waals surface area (Å²) in [5, 5.41) is 2.84. The summed E-state index contributed by atoms with van der Waals surface area (Å²) in [6, 6.07) is 14.7. The maximum atomic E-state index is 13.1. The fraction of sp³-hybridized carbons (Fsp3) is 0.200. The Balaban J connectivity index is 1.76. The summed E-state index contributed by atoms with van der Waals surface area (Å²) in [6.45, 7) is 1.93. The number of hydrogen-bond acceptors (Lipinski definition) is 7. The number of esters is 1. The molecule has 0 bridgehead atoms. The van der Waals surface area contributed by atoms with Crippen molar-refractivity contribution in [2.45, 2.75) is 11.8 Å². The average Bonchev–Trinajstić information content (AvgIpc) is 2.89. The topological polar surface area (TPSA) is 111 Å². The minimum absolute atomic E-state index is 0.0189. The lowest BCUT2D eigenvalue weighted by atomic mass is 10.1. The molecule has 11 heteroatoms. The highest BCUT2D eigenvalue weighted by molar-refractivity contribution is 7.92. The highest BCUT2D eigenvalue weighted by Crippen LogP contribution is 2.32. The Morgan fingerprint density at radius 2 is 1.56 bits per heavy atom. The number of hydrogen-bond donors (Lipinski definition) is 1. The summed E-state index contributed by atoms with van der Waals surface area (Å²) in [7, 11) is 0.379. The van der Waals surface area contributed by atoms with Crippen LogP contribution in [0.5, 0.6) is 11.5 Å². The Kier molecular flexibility index (Phi) is 8.44. The molecule has 3 rings (SSSR count). The molecule has 3 aromatic rings. The van der Waals surface area contributed by atoms with E-state index in [0.717, 1.165) is 4.31 Å². The average molecular weight is 533 g/mol. The number of ether oxygens (including phenoxy) is 3. The number of sulfonamides is 1. The fourth-order valence-corrected chi connectivity index (χ4v) is 4.69. The van der Waals surface area contributed by atoms with E-state index < -0.39 is 21.9 Å². The van der Waals surface area contributed by atoms with Crippen LogP contribution in [0.25, 0.3) is 0 Å². The summed E-state index contributed by atoms with van der Waals surface area (Å²) in [5.74, 6) is -0.282. The quantitative estimate of drug-likeness (QED) is 0.400. The minimum Gasteiger partial charge on any atom is -0.493 e. The van der Waals surface area contributed by atoms with Crippen molar-refractivity contribution in [2.75, 3.05) is 37.5 Å². The van der Waals surface area contributed by atoms with Crippen LogP contribution in [0.1, 0.15) is 27.6 Å². The van der Waals surface area contributed by atoms with Gasteiger partial charge in [0.25, 0.3) is 15.9 Å². The van der Waals surface area contributed by atoms with Crippen molar-refractivity contribution in [3.63, 3.8) is 0 Å². The Labute approximate surface area is 214 Å². The second kappa shape index (κ2) is 11.3. The first-order valence-corrected chi connectivity index (χ1v) is 12.5. The van der Waals surface area contributed by atoms with Gasteiger partial charge in [-0.3, -0.25) is 9.10 Å². The number of halogens is 1. The van der Waals surface area contributed by atoms with E-state index in [-0.39, 0.29) is 33.4 Å². The molecule has 0 atom stereocenters. The molecule has 1 N–H and O–H groups in total. The molecule has 0 radical (unpaired) electrons. The molecule has 36 heavy (non-hydrogen) atoms. The Bertz CT molecular complexity index is 1380. The highest BCUT2D eigenvalue weighted by atomic mass is 35.5. The molecule has 0 heterocycles. The van der Waals surface area contributed by atoms with Gasteiger partial charge in [0.1, 0.15) is 0 Å². The third-order valence-corrected chi connectivity index (χ3v) is 7.33. The van der Waals surface area contributed by atoms with Crippen LogP contribution in [0.15, 0.2) is 65.6 Å². The largest absolute Gasteiger partial charge is 0.493 e. The number of anilines is 2. The van der Waals surface area contributed by atoms with Crippen molar-refractivity contribution in [1.82, 2.24) is 0 Å². The van der Waals surface area contributed by atoms with Crippen molar-refractivity contribution in [1.29, 1.82) is 0 Å². The van der Waals surface area contributed by atoms with Gasteiger partial charge in [0.2, 0.25) is 0 Å². The molecule has 0 fully saturated rings. The molecule has 0 saturated carbocycles. The lowest BCUT2D eigenvalue weighted by molar-refractivity contribution is 0.0526. The van der Waals surface area contributed by atoms with Crippen molar-refractivity contribution in [2.24, 2.45) is 0 Å². The van der Waals surface area contributed by atoms with Gasteiger partial charge in [-0.05, 0) is 61.5 Å². The number of carbonyl (C=O) groups excluding carboxylic acids is 2. The van der Waals surface area contributed by atoms with Gasteiger partial charge in [-0.25, -0.2) is 13.2 Å². The van der Waals surface area contributed by atoms with E-state index >= 15 is 0 Å². The molecule has 0 aromatic heterocycles. The number of benzene rings is 3. The molecule has 0 aliphatic heterocycles. The number of methoxy groups -OCH3 is 2. The first-order chi connectivity index (χ1) is 17.1. The lowest BCUT2D eigenvalue weighted by Crippen LogP contribution is -2.26. The second-order valence-corrected chi connectivity index (χ2v) is 9.78. The molecule has 0 spiro atoms. The first kappa shape index (κ1) is 26.8. The third kappa shape index (κ3) is 5.72. The Hall–Kier alpha value is -3.76. The van der Waals surface area contributed by atoms with Gasteiger partial charge in [-0.1, -0.05) is 11.6 Å². The van der Waals surface area contributed by atoms with Crippen LogP contribution in [0.3, 0.4) is 0 Å². The first-order valence-electron chi connectivity index (χ1n) is 10.7. The van der Waals surface area contributed by atoms with E-state index in [2.05, 4.69) is 5.32 Å². The van der Waals surface area contributed by atoms with Crippen molar-refractivity contribution >= 4 is 44.9 Å². The zero-order chi connectivity index (χ0) is 26.5. The van der Waals surface area contributed by atoms with Gasteiger partial charge in [0.15, 0.2) is 11.5 Å². The number of nitrogens with one attached hydrogen (secondary N) is 1. The molecule has 9 nitrogen and oxygen atoms in total. The molecule has 0 aliphatic carbocycles. The van der Waals surface area contributed by atoms with E-state index in [1.54, 1.807) is 6.92 Å². The fourth-order valence-electron chi connectivity index (χ4n) is 3.25. The van der Waals surface area contributed by atoms with Crippen LogP contribution in [0, 0.1) is 0 Å². The van der Waals surface area contributed by atoms with Gasteiger partial charge in [-0.2, -0.15) is 0 Å². The second-order valence-electron chi connectivity index (χ2n) is 7.41. The molecular formula is C25H25ClN2O7S. The zero-order valence-electron chi connectivity index (χ0n) is 20.1. The van der Waals surface area contributed by atoms with E-state index in [1.807, 2.05) is 0 Å². The minimum atomic E-state index is -3.91. The molecule has 190 valence electrons. The van der Waals surface area contributed by atoms with Crippen molar-refractivity contribution in [3.8, 4) is 11.5 Å². The molecule has 0 unspecified atom stereocenters. The monoisotopic (exact) mass is 532 g/mol. The van der Waals surface area contributed by atoms with Crippen LogP contribution < -0.4 is 19.1 Å². The number of amides is 1. The molecule has 3 aromatic carbocycles. The van der Waals surface area contributed by atoms with Crippen LogP contribution in [0.4, 0.5) is 11.4 Å². The van der Waals surface area contributed by atoms with Gasteiger partial charge >= 0.3 is 5.97 Å². The van der Waals surface area contributed by atoms with Crippen molar-refractivity contribution in [3.05, 3.63) is 76.8 Å². The van der Waals surface area contributed by atoms with Gasteiger partial charge in [0, 0.05) is 18.7 Å². The summed E-state index contributed by atoms with van der Waals surface area (Å²) >= 11 is 6.21. The standard InChI is InChI=1S/C25H25ClN2O7S/c1-5-35-25(30)17-8-12-21(20(26)14-17)27-24(29)16-6-9-18(10-7-16)28(2)36(31,32)19-11-13-22(33-3)23(15-19)34-4/h6-15H,5H2,1-4H3,(H,27,29). The van der Waals surface area contributed by atoms with Crippen LogP contribution in [0.2, 0.25) is 5.02 Å². The molecule has 1 amide bonds. The third-order valence-electron chi connectivity index (χ3n) is 5.23. The van der Waals surface area contributed by atoms with Gasteiger partial charge in [-0.15, -0.1) is 0 Å².